The maximum absolute atomic E-state index is 12.0. The van der Waals surface area contributed by atoms with Crippen molar-refractivity contribution in [2.45, 2.75) is 38.9 Å². The molecule has 160 valence electrons. The number of benzene rings is 1. The van der Waals surface area contributed by atoms with Crippen molar-refractivity contribution < 1.29 is 19.1 Å². The lowest BCUT2D eigenvalue weighted by atomic mass is 9.98. The smallest absolute Gasteiger partial charge is 0.252 e. The molecule has 2 bridgehead atoms. The van der Waals surface area contributed by atoms with Crippen LogP contribution in [0.5, 0.6) is 11.5 Å². The molecule has 1 unspecified atom stereocenters. The van der Waals surface area contributed by atoms with E-state index in [4.69, 9.17) is 20.9 Å². The quantitative estimate of drug-likeness (QED) is 0.745. The Kier molecular flexibility index (Phi) is 5.51. The van der Waals surface area contributed by atoms with E-state index in [9.17, 15) is 9.59 Å². The van der Waals surface area contributed by atoms with Gasteiger partial charge >= 0.3 is 0 Å². The SMILES string of the molecule is CC(C)Oc1cc2c(OC3C[C@H]4C[C@@H]3CN(C(=O)CN)C4)ccnc2cc1C(N)=O. The lowest BCUT2D eigenvalue weighted by Crippen LogP contribution is -2.44. The number of primary amides is 1. The van der Waals surface area contributed by atoms with Crippen molar-refractivity contribution in [2.24, 2.45) is 23.3 Å². The predicted molar refractivity (Wildman–Crippen MR) is 112 cm³/mol. The van der Waals surface area contributed by atoms with Crippen molar-refractivity contribution in [1.82, 2.24) is 9.88 Å². The van der Waals surface area contributed by atoms with E-state index in [0.29, 0.717) is 35.0 Å². The van der Waals surface area contributed by atoms with Gasteiger partial charge in [0.2, 0.25) is 5.91 Å². The van der Waals surface area contributed by atoms with Crippen LogP contribution in [-0.2, 0) is 4.79 Å². The van der Waals surface area contributed by atoms with Crippen molar-refractivity contribution >= 4 is 22.7 Å². The summed E-state index contributed by atoms with van der Waals surface area (Å²) in [5, 5.41) is 0.773. The van der Waals surface area contributed by atoms with Crippen LogP contribution in [0.15, 0.2) is 24.4 Å². The van der Waals surface area contributed by atoms with E-state index in [1.165, 1.54) is 0 Å². The maximum Gasteiger partial charge on any atom is 0.252 e. The molecule has 4 N–H and O–H groups in total. The second-order valence-electron chi connectivity index (χ2n) is 8.46. The van der Waals surface area contributed by atoms with E-state index in [2.05, 4.69) is 4.98 Å². The molecule has 2 heterocycles. The fraction of sp³-hybridized carbons (Fsp3) is 0.500. The van der Waals surface area contributed by atoms with Gasteiger partial charge in [0, 0.05) is 30.6 Å². The summed E-state index contributed by atoms with van der Waals surface area (Å²) in [5.74, 6) is 1.26. The molecular weight excluding hydrogens is 384 g/mol. The van der Waals surface area contributed by atoms with Gasteiger partial charge < -0.3 is 25.8 Å². The van der Waals surface area contributed by atoms with E-state index in [-0.39, 0.29) is 30.6 Å². The van der Waals surface area contributed by atoms with E-state index >= 15 is 0 Å². The van der Waals surface area contributed by atoms with Gasteiger partial charge in [-0.25, -0.2) is 0 Å². The molecule has 0 spiro atoms. The van der Waals surface area contributed by atoms with Crippen LogP contribution in [0.2, 0.25) is 0 Å². The third-order valence-electron chi connectivity index (χ3n) is 5.90. The summed E-state index contributed by atoms with van der Waals surface area (Å²) in [5.41, 5.74) is 12.0. The van der Waals surface area contributed by atoms with Crippen LogP contribution in [-0.4, -0.2) is 53.5 Å². The van der Waals surface area contributed by atoms with Crippen LogP contribution in [0.4, 0.5) is 0 Å². The largest absolute Gasteiger partial charge is 0.490 e. The highest BCUT2D eigenvalue weighted by Gasteiger charge is 2.42. The Morgan fingerprint density at radius 1 is 1.23 bits per heavy atom. The fourth-order valence-electron chi connectivity index (χ4n) is 4.64. The molecule has 1 aliphatic carbocycles. The number of aromatic nitrogens is 1. The van der Waals surface area contributed by atoms with Crippen LogP contribution in [0.3, 0.4) is 0 Å². The molecular formula is C22H28N4O4. The summed E-state index contributed by atoms with van der Waals surface area (Å²) in [6.45, 7) is 5.25. The molecule has 2 aliphatic rings. The number of likely N-dealkylation sites (tertiary alicyclic amines) is 1. The summed E-state index contributed by atoms with van der Waals surface area (Å²) in [6, 6.07) is 5.26. The summed E-state index contributed by atoms with van der Waals surface area (Å²) >= 11 is 0. The molecule has 1 aromatic heterocycles. The summed E-state index contributed by atoms with van der Waals surface area (Å²) < 4.78 is 12.3. The van der Waals surface area contributed by atoms with Crippen LogP contribution < -0.4 is 20.9 Å². The molecule has 3 atom stereocenters. The highest BCUT2D eigenvalue weighted by molar-refractivity contribution is 6.01. The predicted octanol–water partition coefficient (Wildman–Crippen LogP) is 1.70. The average Bonchev–Trinajstić information content (AvgIpc) is 2.99. The second kappa shape index (κ2) is 8.10. The second-order valence-corrected chi connectivity index (χ2v) is 8.46. The molecule has 2 fully saturated rings. The summed E-state index contributed by atoms with van der Waals surface area (Å²) in [6.07, 6.45) is 3.52. The zero-order chi connectivity index (χ0) is 21.4. The van der Waals surface area contributed by atoms with Gasteiger partial charge in [-0.2, -0.15) is 0 Å². The monoisotopic (exact) mass is 412 g/mol. The number of hydrogen-bond donors (Lipinski definition) is 2. The number of nitrogens with two attached hydrogens (primary N) is 2. The van der Waals surface area contributed by atoms with Gasteiger partial charge in [0.25, 0.3) is 5.91 Å². The Balaban J connectivity index is 1.63. The van der Waals surface area contributed by atoms with Gasteiger partial charge in [-0.05, 0) is 50.8 Å². The molecule has 1 saturated heterocycles. The summed E-state index contributed by atoms with van der Waals surface area (Å²) in [4.78, 5) is 30.2. The molecule has 30 heavy (non-hydrogen) atoms. The highest BCUT2D eigenvalue weighted by Crippen LogP contribution is 2.40. The van der Waals surface area contributed by atoms with E-state index in [1.54, 1.807) is 18.3 Å². The number of pyridine rings is 1. The van der Waals surface area contributed by atoms with Crippen molar-refractivity contribution in [3.63, 3.8) is 0 Å². The van der Waals surface area contributed by atoms with Gasteiger partial charge in [-0.1, -0.05) is 0 Å². The van der Waals surface area contributed by atoms with Crippen molar-refractivity contribution in [2.75, 3.05) is 19.6 Å². The number of piperidine rings is 1. The first-order valence-electron chi connectivity index (χ1n) is 10.4. The van der Waals surface area contributed by atoms with E-state index < -0.39 is 5.91 Å². The Hall–Kier alpha value is -2.87. The topological polar surface area (TPSA) is 121 Å². The molecule has 1 aliphatic heterocycles. The van der Waals surface area contributed by atoms with E-state index in [0.717, 1.165) is 24.8 Å². The van der Waals surface area contributed by atoms with Gasteiger partial charge in [-0.3, -0.25) is 14.6 Å². The Labute approximate surface area is 175 Å². The third kappa shape index (κ3) is 3.92. The van der Waals surface area contributed by atoms with Crippen LogP contribution in [0.1, 0.15) is 37.0 Å². The van der Waals surface area contributed by atoms with E-state index in [1.807, 2.05) is 24.8 Å². The molecule has 8 nitrogen and oxygen atoms in total. The summed E-state index contributed by atoms with van der Waals surface area (Å²) in [7, 11) is 0. The number of hydrogen-bond acceptors (Lipinski definition) is 6. The van der Waals surface area contributed by atoms with Crippen molar-refractivity contribution in [3.05, 3.63) is 30.0 Å². The number of carbonyl (C=O) groups is 2. The first-order chi connectivity index (χ1) is 14.4. The molecule has 0 radical (unpaired) electrons. The lowest BCUT2D eigenvalue weighted by Gasteiger charge is -2.32. The Morgan fingerprint density at radius 2 is 2.03 bits per heavy atom. The third-order valence-corrected chi connectivity index (χ3v) is 5.90. The lowest BCUT2D eigenvalue weighted by molar-refractivity contribution is -0.131. The van der Waals surface area contributed by atoms with Crippen LogP contribution in [0, 0.1) is 11.8 Å². The normalized spacial score (nSPS) is 23.1. The van der Waals surface area contributed by atoms with Gasteiger partial charge in [0.15, 0.2) is 0 Å². The van der Waals surface area contributed by atoms with Gasteiger partial charge in [0.1, 0.15) is 17.6 Å². The van der Waals surface area contributed by atoms with Crippen LogP contribution in [0.25, 0.3) is 10.9 Å². The standard InChI is InChI=1S/C22H28N4O4/c1-12(2)29-20-8-15-17(7-16(20)22(24)28)25-4-3-18(15)30-19-6-13-5-14(19)11-26(10-13)21(27)9-23/h3-4,7-8,12-14,19H,5-6,9-11,23H2,1-2H3,(H2,24,28)/t13-,14-,19?/m1/s1. The molecule has 2 aromatic rings. The zero-order valence-electron chi connectivity index (χ0n) is 17.3. The van der Waals surface area contributed by atoms with Gasteiger partial charge in [0.05, 0.1) is 23.7 Å². The fourth-order valence-corrected chi connectivity index (χ4v) is 4.64. The minimum atomic E-state index is -0.560. The number of amides is 2. The van der Waals surface area contributed by atoms with Crippen molar-refractivity contribution in [3.8, 4) is 11.5 Å². The molecule has 4 rings (SSSR count). The Morgan fingerprint density at radius 3 is 2.73 bits per heavy atom. The first-order valence-corrected chi connectivity index (χ1v) is 10.4. The minimum absolute atomic E-state index is 0.00540. The average molecular weight is 412 g/mol. The molecule has 2 amide bonds. The number of fused-ring (bicyclic) bond motifs is 3. The highest BCUT2D eigenvalue weighted by atomic mass is 16.5. The number of nitrogens with zero attached hydrogens (tertiary/aromatic N) is 2. The number of ether oxygens (including phenoxy) is 2. The minimum Gasteiger partial charge on any atom is -0.490 e. The molecule has 8 heteroatoms. The van der Waals surface area contributed by atoms with Crippen LogP contribution >= 0.6 is 0 Å². The first kappa shape index (κ1) is 20.4. The van der Waals surface area contributed by atoms with Crippen molar-refractivity contribution in [1.29, 1.82) is 0 Å². The van der Waals surface area contributed by atoms with Gasteiger partial charge in [-0.15, -0.1) is 0 Å². The maximum atomic E-state index is 12.0. The molecule has 1 saturated carbocycles. The zero-order valence-corrected chi connectivity index (χ0v) is 17.3. The number of carbonyl (C=O) groups excluding carboxylic acids is 2. The number of rotatable bonds is 6. The molecule has 1 aromatic carbocycles. The Bertz CT molecular complexity index is 977.